The Morgan fingerprint density at radius 3 is 2.77 bits per heavy atom. The van der Waals surface area contributed by atoms with Gasteiger partial charge in [-0.15, -0.1) is 11.3 Å². The van der Waals surface area contributed by atoms with E-state index in [1.54, 1.807) is 34.2 Å². The van der Waals surface area contributed by atoms with Crippen molar-refractivity contribution in [3.8, 4) is 0 Å². The third kappa shape index (κ3) is 2.99. The van der Waals surface area contributed by atoms with Gasteiger partial charge in [-0.25, -0.2) is 9.07 Å². The van der Waals surface area contributed by atoms with Crippen LogP contribution in [0, 0.1) is 12.7 Å². The summed E-state index contributed by atoms with van der Waals surface area (Å²) < 4.78 is 16.8. The van der Waals surface area contributed by atoms with Gasteiger partial charge >= 0.3 is 0 Å². The topological polar surface area (TPSA) is 68.4 Å². The molecule has 0 spiro atoms. The molecule has 26 heavy (non-hydrogen) atoms. The molecule has 3 aromatic heterocycles. The van der Waals surface area contributed by atoms with E-state index in [0.717, 1.165) is 25.3 Å². The van der Waals surface area contributed by atoms with Crippen molar-refractivity contribution in [1.82, 2.24) is 19.5 Å². The maximum atomic E-state index is 12.9. The standard InChI is InChI=1S/C18H15FN4O2S/c1-11-6-14-16(26-11)7-15-18(25)23(21-10-22(14)15)9-17(24)20-8-12-2-4-13(19)5-3-12/h2-7,10H,8-9H2,1H3,(H,20,24). The summed E-state index contributed by atoms with van der Waals surface area (Å²) >= 11 is 1.61. The lowest BCUT2D eigenvalue weighted by Gasteiger charge is -2.07. The van der Waals surface area contributed by atoms with Gasteiger partial charge in [0, 0.05) is 11.4 Å². The van der Waals surface area contributed by atoms with Crippen LogP contribution in [0.1, 0.15) is 10.4 Å². The first-order valence-electron chi connectivity index (χ1n) is 8.00. The van der Waals surface area contributed by atoms with Gasteiger partial charge in [-0.1, -0.05) is 12.1 Å². The average Bonchev–Trinajstić information content (AvgIpc) is 3.13. The zero-order chi connectivity index (χ0) is 18.3. The zero-order valence-electron chi connectivity index (χ0n) is 13.9. The number of benzene rings is 1. The molecule has 8 heteroatoms. The molecule has 0 atom stereocenters. The Bertz CT molecular complexity index is 1170. The van der Waals surface area contributed by atoms with Crippen molar-refractivity contribution in [1.29, 1.82) is 0 Å². The molecule has 0 saturated carbocycles. The van der Waals surface area contributed by atoms with Crippen molar-refractivity contribution in [2.75, 3.05) is 0 Å². The molecule has 0 fully saturated rings. The van der Waals surface area contributed by atoms with Gasteiger partial charge in [-0.3, -0.25) is 14.0 Å². The first-order chi connectivity index (χ1) is 12.5. The number of hydrogen-bond donors (Lipinski definition) is 1. The fourth-order valence-electron chi connectivity index (χ4n) is 2.83. The average molecular weight is 370 g/mol. The summed E-state index contributed by atoms with van der Waals surface area (Å²) in [6.07, 6.45) is 1.55. The molecule has 3 heterocycles. The highest BCUT2D eigenvalue weighted by Gasteiger charge is 2.13. The lowest BCUT2D eigenvalue weighted by atomic mass is 10.2. The highest BCUT2D eigenvalue weighted by atomic mass is 32.1. The van der Waals surface area contributed by atoms with Crippen LogP contribution >= 0.6 is 11.3 Å². The second kappa shape index (κ2) is 6.38. The smallest absolute Gasteiger partial charge is 0.291 e. The minimum atomic E-state index is -0.336. The van der Waals surface area contributed by atoms with Crippen LogP contribution in [0.4, 0.5) is 4.39 Å². The van der Waals surface area contributed by atoms with Crippen molar-refractivity contribution in [2.45, 2.75) is 20.0 Å². The molecule has 0 unspecified atom stereocenters. The highest BCUT2D eigenvalue weighted by molar-refractivity contribution is 7.19. The Balaban J connectivity index is 1.53. The molecule has 0 saturated heterocycles. The quantitative estimate of drug-likeness (QED) is 0.600. The predicted molar refractivity (Wildman–Crippen MR) is 97.8 cm³/mol. The fraction of sp³-hybridized carbons (Fsp3) is 0.167. The van der Waals surface area contributed by atoms with Gasteiger partial charge in [0.25, 0.3) is 5.56 Å². The van der Waals surface area contributed by atoms with Gasteiger partial charge in [0.15, 0.2) is 0 Å². The van der Waals surface area contributed by atoms with Gasteiger partial charge in [0.1, 0.15) is 24.2 Å². The van der Waals surface area contributed by atoms with E-state index in [1.165, 1.54) is 12.1 Å². The second-order valence-electron chi connectivity index (χ2n) is 6.00. The van der Waals surface area contributed by atoms with Gasteiger partial charge in [-0.05, 0) is 36.8 Å². The van der Waals surface area contributed by atoms with Crippen LogP contribution in [0.5, 0.6) is 0 Å². The first kappa shape index (κ1) is 16.5. The first-order valence-corrected chi connectivity index (χ1v) is 8.81. The lowest BCUT2D eigenvalue weighted by Crippen LogP contribution is -2.33. The predicted octanol–water partition coefficient (Wildman–Crippen LogP) is 2.47. The number of aromatic nitrogens is 3. The van der Waals surface area contributed by atoms with Crippen LogP contribution in [-0.4, -0.2) is 20.1 Å². The van der Waals surface area contributed by atoms with E-state index in [9.17, 15) is 14.0 Å². The van der Waals surface area contributed by atoms with Gasteiger partial charge < -0.3 is 5.32 Å². The summed E-state index contributed by atoms with van der Waals surface area (Å²) in [6.45, 7) is 2.10. The summed E-state index contributed by atoms with van der Waals surface area (Å²) in [6, 6.07) is 9.70. The molecule has 0 bridgehead atoms. The molecule has 1 amide bonds. The number of carbonyl (C=O) groups excluding carboxylic acids is 1. The lowest BCUT2D eigenvalue weighted by molar-refractivity contribution is -0.122. The minimum absolute atomic E-state index is 0.172. The minimum Gasteiger partial charge on any atom is -0.350 e. The molecular formula is C18H15FN4O2S. The normalized spacial score (nSPS) is 11.3. The molecule has 0 radical (unpaired) electrons. The Morgan fingerprint density at radius 2 is 2.00 bits per heavy atom. The zero-order valence-corrected chi connectivity index (χ0v) is 14.7. The number of fused-ring (bicyclic) bond motifs is 3. The van der Waals surface area contributed by atoms with Crippen LogP contribution in [0.3, 0.4) is 0 Å². The van der Waals surface area contributed by atoms with E-state index in [1.807, 2.05) is 19.1 Å². The van der Waals surface area contributed by atoms with E-state index in [4.69, 9.17) is 0 Å². The van der Waals surface area contributed by atoms with E-state index < -0.39 is 0 Å². The largest absolute Gasteiger partial charge is 0.350 e. The van der Waals surface area contributed by atoms with E-state index in [2.05, 4.69) is 10.4 Å². The van der Waals surface area contributed by atoms with Crippen LogP contribution in [0.2, 0.25) is 0 Å². The third-order valence-electron chi connectivity index (χ3n) is 4.11. The SMILES string of the molecule is Cc1cc2c(cc3c(=O)n(CC(=O)NCc4ccc(F)cc4)ncn32)s1. The number of carbonyl (C=O) groups is 1. The molecule has 1 N–H and O–H groups in total. The number of hydrogen-bond acceptors (Lipinski definition) is 4. The van der Waals surface area contributed by atoms with Crippen molar-refractivity contribution in [3.05, 3.63) is 69.3 Å². The second-order valence-corrected chi connectivity index (χ2v) is 7.29. The number of rotatable bonds is 4. The van der Waals surface area contributed by atoms with Crippen LogP contribution in [0.25, 0.3) is 15.7 Å². The molecular weight excluding hydrogens is 355 g/mol. The fourth-order valence-corrected chi connectivity index (χ4v) is 3.78. The molecule has 4 aromatic rings. The summed E-state index contributed by atoms with van der Waals surface area (Å²) in [7, 11) is 0. The van der Waals surface area contributed by atoms with E-state index in [-0.39, 0.29) is 30.4 Å². The van der Waals surface area contributed by atoms with Crippen molar-refractivity contribution >= 4 is 33.0 Å². The maximum absolute atomic E-state index is 12.9. The summed E-state index contributed by atoms with van der Waals surface area (Å²) in [5.41, 5.74) is 1.90. The van der Waals surface area contributed by atoms with Crippen molar-refractivity contribution in [2.24, 2.45) is 0 Å². The Morgan fingerprint density at radius 1 is 1.23 bits per heavy atom. The molecule has 0 aliphatic rings. The number of halogens is 1. The molecule has 132 valence electrons. The van der Waals surface area contributed by atoms with Crippen LogP contribution < -0.4 is 10.9 Å². The summed E-state index contributed by atoms with van der Waals surface area (Å²) in [5, 5.41) is 6.81. The monoisotopic (exact) mass is 370 g/mol. The molecule has 6 nitrogen and oxygen atoms in total. The molecule has 1 aromatic carbocycles. The molecule has 0 aliphatic heterocycles. The molecule has 4 rings (SSSR count). The number of nitrogens with one attached hydrogen (secondary N) is 1. The summed E-state index contributed by atoms with van der Waals surface area (Å²) in [5.74, 6) is -0.663. The van der Waals surface area contributed by atoms with Gasteiger partial charge in [-0.2, -0.15) is 5.10 Å². The third-order valence-corrected chi connectivity index (χ3v) is 5.09. The number of nitrogens with zero attached hydrogens (tertiary/aromatic N) is 3. The number of aryl methyl sites for hydroxylation is 1. The summed E-state index contributed by atoms with van der Waals surface area (Å²) in [4.78, 5) is 25.9. The highest BCUT2D eigenvalue weighted by Crippen LogP contribution is 2.26. The van der Waals surface area contributed by atoms with E-state index >= 15 is 0 Å². The molecule has 0 aliphatic carbocycles. The number of amides is 1. The van der Waals surface area contributed by atoms with Crippen LogP contribution in [-0.2, 0) is 17.9 Å². The van der Waals surface area contributed by atoms with Crippen molar-refractivity contribution < 1.29 is 9.18 Å². The van der Waals surface area contributed by atoms with E-state index in [0.29, 0.717) is 5.52 Å². The van der Waals surface area contributed by atoms with Gasteiger partial charge in [0.05, 0.1) is 10.2 Å². The van der Waals surface area contributed by atoms with Crippen LogP contribution in [0.15, 0.2) is 47.5 Å². The Hall–Kier alpha value is -3.00. The Kier molecular flexibility index (Phi) is 4.04. The number of thiophene rings is 1. The maximum Gasteiger partial charge on any atom is 0.291 e. The van der Waals surface area contributed by atoms with Gasteiger partial charge in [0.2, 0.25) is 5.91 Å². The Labute approximate surface area is 151 Å². The van der Waals surface area contributed by atoms with Crippen molar-refractivity contribution in [3.63, 3.8) is 0 Å².